The van der Waals surface area contributed by atoms with E-state index in [-0.39, 0.29) is 21.7 Å². The molecule has 1 atom stereocenters. The molecule has 0 aliphatic rings. The number of halogens is 3. The van der Waals surface area contributed by atoms with Crippen LogP contribution in [-0.2, 0) is 14.3 Å². The highest BCUT2D eigenvalue weighted by atomic mass is 35.5. The summed E-state index contributed by atoms with van der Waals surface area (Å²) < 4.78 is 5.06. The van der Waals surface area contributed by atoms with Crippen LogP contribution < -0.4 is 10.6 Å². The maximum atomic E-state index is 12.4. The van der Waals surface area contributed by atoms with Gasteiger partial charge in [0.15, 0.2) is 6.61 Å². The van der Waals surface area contributed by atoms with Crippen molar-refractivity contribution in [3.05, 3.63) is 63.1 Å². The number of esters is 1. The van der Waals surface area contributed by atoms with E-state index < -0.39 is 30.4 Å². The van der Waals surface area contributed by atoms with E-state index in [1.807, 2.05) is 0 Å². The maximum Gasteiger partial charge on any atom is 0.329 e. The normalized spacial score (nSPS) is 11.7. The van der Waals surface area contributed by atoms with Crippen molar-refractivity contribution >= 4 is 58.3 Å². The predicted molar refractivity (Wildman–Crippen MR) is 114 cm³/mol. The molecule has 0 spiro atoms. The standard InChI is InChI=1S/C20H19Cl3N2O4/c1-11(2)17(25-19(27)12-6-4-3-5-7-12)20(28)29-10-16(26)24-18-14(22)8-13(21)9-15(18)23/h3-9,11,17H,10H2,1-2H3,(H,24,26)(H,25,27)/t17-/m0/s1. The van der Waals surface area contributed by atoms with E-state index in [0.717, 1.165) is 0 Å². The zero-order chi connectivity index (χ0) is 21.6. The summed E-state index contributed by atoms with van der Waals surface area (Å²) >= 11 is 17.8. The quantitative estimate of drug-likeness (QED) is 0.596. The third kappa shape index (κ3) is 6.63. The molecule has 2 aromatic rings. The fourth-order valence-corrected chi connectivity index (χ4v) is 3.29. The third-order valence-corrected chi connectivity index (χ3v) is 4.67. The Bertz CT molecular complexity index is 881. The van der Waals surface area contributed by atoms with E-state index in [4.69, 9.17) is 39.5 Å². The summed E-state index contributed by atoms with van der Waals surface area (Å²) in [5, 5.41) is 5.72. The van der Waals surface area contributed by atoms with Crippen molar-refractivity contribution < 1.29 is 19.1 Å². The number of carbonyl (C=O) groups excluding carboxylic acids is 3. The lowest BCUT2D eigenvalue weighted by atomic mass is 10.0. The lowest BCUT2D eigenvalue weighted by Crippen LogP contribution is -2.45. The number of benzene rings is 2. The molecular weight excluding hydrogens is 439 g/mol. The Morgan fingerprint density at radius 3 is 2.14 bits per heavy atom. The van der Waals surface area contributed by atoms with Crippen molar-refractivity contribution in [2.75, 3.05) is 11.9 Å². The smallest absolute Gasteiger partial charge is 0.329 e. The summed E-state index contributed by atoms with van der Waals surface area (Å²) in [6, 6.07) is 10.4. The Hall–Kier alpha value is -2.28. The van der Waals surface area contributed by atoms with Gasteiger partial charge >= 0.3 is 5.97 Å². The van der Waals surface area contributed by atoms with Gasteiger partial charge in [-0.15, -0.1) is 0 Å². The largest absolute Gasteiger partial charge is 0.454 e. The molecular formula is C20H19Cl3N2O4. The molecule has 29 heavy (non-hydrogen) atoms. The zero-order valence-electron chi connectivity index (χ0n) is 15.7. The SMILES string of the molecule is CC(C)[C@H](NC(=O)c1ccccc1)C(=O)OCC(=O)Nc1c(Cl)cc(Cl)cc1Cl. The second-order valence-corrected chi connectivity index (χ2v) is 7.71. The van der Waals surface area contributed by atoms with E-state index in [1.165, 1.54) is 12.1 Å². The molecule has 2 rings (SSSR count). The highest BCUT2D eigenvalue weighted by Gasteiger charge is 2.27. The van der Waals surface area contributed by atoms with E-state index in [0.29, 0.717) is 10.6 Å². The number of nitrogens with one attached hydrogen (secondary N) is 2. The van der Waals surface area contributed by atoms with Gasteiger partial charge in [0, 0.05) is 10.6 Å². The Morgan fingerprint density at radius 2 is 1.59 bits per heavy atom. The number of hydrogen-bond acceptors (Lipinski definition) is 4. The number of hydrogen-bond donors (Lipinski definition) is 2. The second-order valence-electron chi connectivity index (χ2n) is 6.46. The van der Waals surface area contributed by atoms with Gasteiger partial charge in [-0.05, 0) is 30.2 Å². The van der Waals surface area contributed by atoms with Gasteiger partial charge in [-0.1, -0.05) is 66.8 Å². The molecule has 0 aliphatic heterocycles. The zero-order valence-corrected chi connectivity index (χ0v) is 17.9. The summed E-state index contributed by atoms with van der Waals surface area (Å²) in [6.45, 7) is 2.94. The fraction of sp³-hybridized carbons (Fsp3) is 0.250. The van der Waals surface area contributed by atoms with Crippen molar-refractivity contribution in [2.45, 2.75) is 19.9 Å². The Morgan fingerprint density at radius 1 is 1.00 bits per heavy atom. The highest BCUT2D eigenvalue weighted by molar-refractivity contribution is 6.42. The summed E-state index contributed by atoms with van der Waals surface area (Å²) in [5.74, 6) is -2.03. The molecule has 0 aromatic heterocycles. The number of rotatable bonds is 7. The van der Waals surface area contributed by atoms with E-state index >= 15 is 0 Å². The van der Waals surface area contributed by atoms with Crippen LogP contribution in [0.15, 0.2) is 42.5 Å². The lowest BCUT2D eigenvalue weighted by molar-refractivity contribution is -0.150. The molecule has 9 heteroatoms. The summed E-state index contributed by atoms with van der Waals surface area (Å²) in [5.41, 5.74) is 0.576. The Labute approximate surface area is 183 Å². The van der Waals surface area contributed by atoms with Crippen molar-refractivity contribution in [3.8, 4) is 0 Å². The molecule has 0 radical (unpaired) electrons. The minimum Gasteiger partial charge on any atom is -0.454 e. The van der Waals surface area contributed by atoms with Crippen molar-refractivity contribution in [1.82, 2.24) is 5.32 Å². The van der Waals surface area contributed by atoms with Crippen molar-refractivity contribution in [2.24, 2.45) is 5.92 Å². The van der Waals surface area contributed by atoms with Crippen LogP contribution in [0.25, 0.3) is 0 Å². The van der Waals surface area contributed by atoms with Gasteiger partial charge in [0.25, 0.3) is 11.8 Å². The molecule has 0 aliphatic carbocycles. The summed E-state index contributed by atoms with van der Waals surface area (Å²) in [4.78, 5) is 36.8. The van der Waals surface area contributed by atoms with Gasteiger partial charge in [0.1, 0.15) is 6.04 Å². The Kier molecular flexibility index (Phi) is 8.32. The van der Waals surface area contributed by atoms with Crippen molar-refractivity contribution in [3.63, 3.8) is 0 Å². The molecule has 0 saturated heterocycles. The van der Waals surface area contributed by atoms with Crippen LogP contribution in [0.1, 0.15) is 24.2 Å². The van der Waals surface area contributed by atoms with Gasteiger partial charge in [-0.3, -0.25) is 9.59 Å². The molecule has 0 heterocycles. The van der Waals surface area contributed by atoms with Crippen LogP contribution in [0.5, 0.6) is 0 Å². The topological polar surface area (TPSA) is 84.5 Å². The first-order chi connectivity index (χ1) is 13.7. The molecule has 0 bridgehead atoms. The molecule has 6 nitrogen and oxygen atoms in total. The van der Waals surface area contributed by atoms with Crippen molar-refractivity contribution in [1.29, 1.82) is 0 Å². The molecule has 0 unspecified atom stereocenters. The summed E-state index contributed by atoms with van der Waals surface area (Å²) in [7, 11) is 0. The number of anilines is 1. The third-order valence-electron chi connectivity index (χ3n) is 3.86. The molecule has 2 N–H and O–H groups in total. The first kappa shape index (κ1) is 23.0. The predicted octanol–water partition coefficient (Wildman–Crippen LogP) is 4.58. The second kappa shape index (κ2) is 10.5. The van der Waals surface area contributed by atoms with E-state index in [9.17, 15) is 14.4 Å². The summed E-state index contributed by atoms with van der Waals surface area (Å²) in [6.07, 6.45) is 0. The number of amides is 2. The Balaban J connectivity index is 1.96. The average molecular weight is 458 g/mol. The van der Waals surface area contributed by atoms with E-state index in [1.54, 1.807) is 44.2 Å². The maximum absolute atomic E-state index is 12.4. The average Bonchev–Trinajstić information content (AvgIpc) is 2.67. The first-order valence-corrected chi connectivity index (χ1v) is 9.79. The molecule has 0 fully saturated rings. The minimum atomic E-state index is -0.918. The van der Waals surface area contributed by atoms with Crippen LogP contribution in [0.3, 0.4) is 0 Å². The monoisotopic (exact) mass is 456 g/mol. The molecule has 0 saturated carbocycles. The fourth-order valence-electron chi connectivity index (χ4n) is 2.38. The molecule has 2 aromatic carbocycles. The van der Waals surface area contributed by atoms with Gasteiger partial charge < -0.3 is 15.4 Å². The van der Waals surface area contributed by atoms with Crippen LogP contribution in [0.4, 0.5) is 5.69 Å². The number of carbonyl (C=O) groups is 3. The number of ether oxygens (including phenoxy) is 1. The van der Waals surface area contributed by atoms with Gasteiger partial charge in [0.2, 0.25) is 0 Å². The van der Waals surface area contributed by atoms with Crippen LogP contribution in [0, 0.1) is 5.92 Å². The van der Waals surface area contributed by atoms with Gasteiger partial charge in [-0.25, -0.2) is 4.79 Å². The van der Waals surface area contributed by atoms with Crippen LogP contribution >= 0.6 is 34.8 Å². The van der Waals surface area contributed by atoms with Gasteiger partial charge in [0.05, 0.1) is 15.7 Å². The highest BCUT2D eigenvalue weighted by Crippen LogP contribution is 2.33. The lowest BCUT2D eigenvalue weighted by Gasteiger charge is -2.21. The van der Waals surface area contributed by atoms with Crippen LogP contribution in [0.2, 0.25) is 15.1 Å². The molecule has 154 valence electrons. The van der Waals surface area contributed by atoms with E-state index in [2.05, 4.69) is 10.6 Å². The molecule has 2 amide bonds. The van der Waals surface area contributed by atoms with Gasteiger partial charge in [-0.2, -0.15) is 0 Å². The van der Waals surface area contributed by atoms with Crippen LogP contribution in [-0.4, -0.2) is 30.4 Å². The first-order valence-electron chi connectivity index (χ1n) is 8.66. The minimum absolute atomic E-state index is 0.150.